The fraction of sp³-hybridized carbons (Fsp3) is 0.381. The third-order valence-electron chi connectivity index (χ3n) is 4.45. The summed E-state index contributed by atoms with van der Waals surface area (Å²) in [6.45, 7) is 3.87. The van der Waals surface area contributed by atoms with Crippen molar-refractivity contribution in [2.45, 2.75) is 45.6 Å². The van der Waals surface area contributed by atoms with E-state index in [1.165, 1.54) is 29.8 Å². The van der Waals surface area contributed by atoms with Crippen LogP contribution in [0.5, 0.6) is 0 Å². The summed E-state index contributed by atoms with van der Waals surface area (Å²) in [5, 5.41) is 2.79. The van der Waals surface area contributed by atoms with Crippen LogP contribution in [0.1, 0.15) is 38.7 Å². The predicted molar refractivity (Wildman–Crippen MR) is 111 cm³/mol. The van der Waals surface area contributed by atoms with E-state index in [0.29, 0.717) is 5.69 Å². The van der Waals surface area contributed by atoms with Crippen molar-refractivity contribution in [3.63, 3.8) is 0 Å². The minimum Gasteiger partial charge on any atom is -0.324 e. The van der Waals surface area contributed by atoms with Crippen molar-refractivity contribution in [2.75, 3.05) is 15.9 Å². The highest BCUT2D eigenvalue weighted by Gasteiger charge is 2.31. The van der Waals surface area contributed by atoms with E-state index in [2.05, 4.69) is 12.2 Å². The molecule has 152 valence electrons. The SMILES string of the molecule is CCCCc1ccc(NC(=O)[C@H](CC)N(c2ccc(F)cc2)S(C)(=O)=O)cc1. The number of hydrogen-bond donors (Lipinski definition) is 1. The van der Waals surface area contributed by atoms with Gasteiger partial charge in [0.2, 0.25) is 15.9 Å². The van der Waals surface area contributed by atoms with Gasteiger partial charge in [0.1, 0.15) is 11.9 Å². The van der Waals surface area contributed by atoms with Crippen LogP contribution < -0.4 is 9.62 Å². The van der Waals surface area contributed by atoms with Crippen molar-refractivity contribution in [3.05, 3.63) is 59.9 Å². The Morgan fingerprint density at radius 2 is 1.68 bits per heavy atom. The third-order valence-corrected chi connectivity index (χ3v) is 5.63. The van der Waals surface area contributed by atoms with E-state index < -0.39 is 27.8 Å². The van der Waals surface area contributed by atoms with Gasteiger partial charge >= 0.3 is 0 Å². The Labute approximate surface area is 166 Å². The Bertz CT molecular complexity index is 881. The van der Waals surface area contributed by atoms with Crippen LogP contribution in [-0.2, 0) is 21.2 Å². The smallest absolute Gasteiger partial charge is 0.248 e. The lowest BCUT2D eigenvalue weighted by Gasteiger charge is -2.30. The van der Waals surface area contributed by atoms with Crippen molar-refractivity contribution in [3.8, 4) is 0 Å². The molecule has 0 aromatic heterocycles. The van der Waals surface area contributed by atoms with E-state index in [-0.39, 0.29) is 12.1 Å². The van der Waals surface area contributed by atoms with E-state index in [9.17, 15) is 17.6 Å². The Balaban J connectivity index is 2.23. The zero-order chi connectivity index (χ0) is 20.7. The molecule has 0 aliphatic rings. The van der Waals surface area contributed by atoms with Gasteiger partial charge in [-0.25, -0.2) is 12.8 Å². The van der Waals surface area contributed by atoms with Gasteiger partial charge in [-0.05, 0) is 61.2 Å². The number of carbonyl (C=O) groups is 1. The normalized spacial score (nSPS) is 12.4. The first-order valence-electron chi connectivity index (χ1n) is 9.41. The third kappa shape index (κ3) is 5.79. The molecule has 0 heterocycles. The Kier molecular flexibility index (Phi) is 7.57. The lowest BCUT2D eigenvalue weighted by atomic mass is 10.1. The molecule has 1 amide bonds. The standard InChI is InChI=1S/C21H27FN2O3S/c1-4-6-7-16-8-12-18(13-9-16)23-21(25)20(5-2)24(28(3,26)27)19-14-10-17(22)11-15-19/h8-15,20H,4-7H2,1-3H3,(H,23,25)/t20-/m0/s1. The van der Waals surface area contributed by atoms with Gasteiger partial charge in [-0.3, -0.25) is 9.10 Å². The number of halogens is 1. The molecule has 0 fully saturated rings. The van der Waals surface area contributed by atoms with Crippen LogP contribution in [-0.4, -0.2) is 26.6 Å². The fourth-order valence-corrected chi connectivity index (χ4v) is 4.22. The second-order valence-corrected chi connectivity index (χ2v) is 8.61. The van der Waals surface area contributed by atoms with Gasteiger partial charge in [0.25, 0.3) is 0 Å². The van der Waals surface area contributed by atoms with Gasteiger partial charge in [0.05, 0.1) is 11.9 Å². The number of sulfonamides is 1. The van der Waals surface area contributed by atoms with Crippen LogP contribution >= 0.6 is 0 Å². The summed E-state index contributed by atoms with van der Waals surface area (Å²) < 4.78 is 39.0. The number of amides is 1. The maximum absolute atomic E-state index is 13.2. The number of hydrogen-bond acceptors (Lipinski definition) is 3. The molecule has 0 radical (unpaired) electrons. The Hall–Kier alpha value is -2.41. The largest absolute Gasteiger partial charge is 0.324 e. The highest BCUT2D eigenvalue weighted by Crippen LogP contribution is 2.24. The van der Waals surface area contributed by atoms with Crippen LogP contribution in [0.3, 0.4) is 0 Å². The van der Waals surface area contributed by atoms with E-state index in [1.54, 1.807) is 6.92 Å². The predicted octanol–water partition coefficient (Wildman–Crippen LogP) is 4.35. The van der Waals surface area contributed by atoms with Crippen LogP contribution in [0.2, 0.25) is 0 Å². The molecule has 1 N–H and O–H groups in total. The minimum absolute atomic E-state index is 0.251. The van der Waals surface area contributed by atoms with Gasteiger partial charge in [0, 0.05) is 5.69 Å². The summed E-state index contributed by atoms with van der Waals surface area (Å²) in [6.07, 6.45) is 4.50. The second kappa shape index (κ2) is 9.68. The minimum atomic E-state index is -3.75. The van der Waals surface area contributed by atoms with Gasteiger partial charge in [-0.15, -0.1) is 0 Å². The zero-order valence-electron chi connectivity index (χ0n) is 16.5. The second-order valence-electron chi connectivity index (χ2n) is 6.75. The summed E-state index contributed by atoms with van der Waals surface area (Å²) in [7, 11) is -3.75. The Morgan fingerprint density at radius 1 is 1.07 bits per heavy atom. The average molecular weight is 407 g/mol. The van der Waals surface area contributed by atoms with Gasteiger partial charge < -0.3 is 5.32 Å². The topological polar surface area (TPSA) is 66.5 Å². The molecule has 28 heavy (non-hydrogen) atoms. The quantitative estimate of drug-likeness (QED) is 0.673. The van der Waals surface area contributed by atoms with E-state index in [0.717, 1.165) is 29.8 Å². The summed E-state index contributed by atoms with van der Waals surface area (Å²) in [5.74, 6) is -0.906. The van der Waals surface area contributed by atoms with E-state index in [4.69, 9.17) is 0 Å². The molecule has 0 aliphatic carbocycles. The van der Waals surface area contributed by atoms with Crippen molar-refractivity contribution >= 4 is 27.3 Å². The van der Waals surface area contributed by atoms with Crippen LogP contribution in [0.4, 0.5) is 15.8 Å². The molecule has 0 bridgehead atoms. The molecule has 0 spiro atoms. The lowest BCUT2D eigenvalue weighted by molar-refractivity contribution is -0.117. The first-order valence-corrected chi connectivity index (χ1v) is 11.3. The van der Waals surface area contributed by atoms with Crippen LogP contribution in [0.25, 0.3) is 0 Å². The number of anilines is 2. The summed E-state index contributed by atoms with van der Waals surface area (Å²) in [6, 6.07) is 11.7. The number of benzene rings is 2. The summed E-state index contributed by atoms with van der Waals surface area (Å²) in [5.41, 5.74) is 2.05. The van der Waals surface area contributed by atoms with E-state index >= 15 is 0 Å². The molecule has 7 heteroatoms. The van der Waals surface area contributed by atoms with Gasteiger partial charge in [-0.1, -0.05) is 32.4 Å². The van der Waals surface area contributed by atoms with Crippen LogP contribution in [0, 0.1) is 5.82 Å². The zero-order valence-corrected chi connectivity index (χ0v) is 17.3. The van der Waals surface area contributed by atoms with E-state index in [1.807, 2.05) is 24.3 Å². The van der Waals surface area contributed by atoms with Crippen LogP contribution in [0.15, 0.2) is 48.5 Å². The fourth-order valence-electron chi connectivity index (χ4n) is 3.01. The maximum Gasteiger partial charge on any atom is 0.248 e. The molecule has 5 nitrogen and oxygen atoms in total. The summed E-state index contributed by atoms with van der Waals surface area (Å²) in [4.78, 5) is 12.8. The molecule has 2 aromatic rings. The van der Waals surface area contributed by atoms with Crippen molar-refractivity contribution in [1.29, 1.82) is 0 Å². The molecule has 0 aliphatic heterocycles. The maximum atomic E-state index is 13.2. The Morgan fingerprint density at radius 3 is 2.18 bits per heavy atom. The number of carbonyl (C=O) groups excluding carboxylic acids is 1. The molecule has 2 aromatic carbocycles. The molecular weight excluding hydrogens is 379 g/mol. The van der Waals surface area contributed by atoms with Crippen molar-refractivity contribution in [2.24, 2.45) is 0 Å². The summed E-state index contributed by atoms with van der Waals surface area (Å²) >= 11 is 0. The van der Waals surface area contributed by atoms with Crippen molar-refractivity contribution < 1.29 is 17.6 Å². The lowest BCUT2D eigenvalue weighted by Crippen LogP contribution is -2.47. The molecule has 1 atom stereocenters. The van der Waals surface area contributed by atoms with Crippen molar-refractivity contribution in [1.82, 2.24) is 0 Å². The first kappa shape index (κ1) is 21.9. The van der Waals surface area contributed by atoms with Gasteiger partial charge in [-0.2, -0.15) is 0 Å². The molecule has 0 saturated heterocycles. The highest BCUT2D eigenvalue weighted by molar-refractivity contribution is 7.92. The number of unbranched alkanes of at least 4 members (excludes halogenated alkanes) is 1. The van der Waals surface area contributed by atoms with Gasteiger partial charge in [0.15, 0.2) is 0 Å². The monoisotopic (exact) mass is 406 g/mol. The number of nitrogens with zero attached hydrogens (tertiary/aromatic N) is 1. The molecule has 2 rings (SSSR count). The number of rotatable bonds is 9. The molecule has 0 unspecified atom stereocenters. The number of nitrogens with one attached hydrogen (secondary N) is 1. The molecular formula is C21H27FN2O3S. The highest BCUT2D eigenvalue weighted by atomic mass is 32.2. The average Bonchev–Trinajstić information content (AvgIpc) is 2.65. The number of aryl methyl sites for hydroxylation is 1. The molecule has 0 saturated carbocycles. The first-order chi connectivity index (χ1) is 13.3.